The Morgan fingerprint density at radius 3 is 2.00 bits per heavy atom. The van der Waals surface area contributed by atoms with Gasteiger partial charge in [-0.15, -0.1) is 0 Å². The minimum Gasteiger partial charge on any atom is -0.395 e. The van der Waals surface area contributed by atoms with Crippen molar-refractivity contribution in [1.29, 1.82) is 0 Å². The van der Waals surface area contributed by atoms with Gasteiger partial charge < -0.3 is 10.00 Å². The molecule has 50 valence electrons. The van der Waals surface area contributed by atoms with Crippen LogP contribution in [0.15, 0.2) is 0 Å². The van der Waals surface area contributed by atoms with E-state index in [2.05, 4.69) is 0 Å². The largest absolute Gasteiger partial charge is 0.395 e. The van der Waals surface area contributed by atoms with Gasteiger partial charge in [-0.05, 0) is 13.8 Å². The van der Waals surface area contributed by atoms with Crippen molar-refractivity contribution in [3.05, 3.63) is 0 Å². The zero-order valence-corrected chi connectivity index (χ0v) is 6.01. The van der Waals surface area contributed by atoms with E-state index >= 15 is 0 Å². The first kappa shape index (κ1) is 8.15. The molecule has 4 heteroatoms. The number of hydrogen-bond acceptors (Lipinski definition) is 2. The smallest absolute Gasteiger partial charge is 0.196 e. The van der Waals surface area contributed by atoms with Crippen molar-refractivity contribution in [3.8, 4) is 0 Å². The zero-order valence-electron chi connectivity index (χ0n) is 5.01. The Morgan fingerprint density at radius 2 is 2.00 bits per heavy atom. The molecule has 0 aliphatic heterocycles. The van der Waals surface area contributed by atoms with Crippen LogP contribution in [0.5, 0.6) is 0 Å². The average molecular weight is 138 g/mol. The summed E-state index contributed by atoms with van der Waals surface area (Å²) in [6.07, 6.45) is 0. The van der Waals surface area contributed by atoms with Gasteiger partial charge in [-0.1, -0.05) is 0 Å². The monoisotopic (exact) mass is 138 g/mol. The number of hydrogen-bond donors (Lipinski definition) is 2. The maximum atomic E-state index is 10.3. The van der Waals surface area contributed by atoms with E-state index in [-0.39, 0.29) is 6.61 Å². The van der Waals surface area contributed by atoms with Crippen molar-refractivity contribution in [2.24, 2.45) is 0 Å². The molecule has 0 spiro atoms. The molecule has 0 bridgehead atoms. The normalized spacial score (nSPS) is 16.0. The fraction of sp³-hybridized carbons (Fsp3) is 1.00. The van der Waals surface area contributed by atoms with Crippen molar-refractivity contribution in [2.45, 2.75) is 19.0 Å². The molecule has 0 aromatic heterocycles. The molecule has 0 aromatic rings. The van der Waals surface area contributed by atoms with Crippen molar-refractivity contribution in [2.75, 3.05) is 6.61 Å². The van der Waals surface area contributed by atoms with Gasteiger partial charge in [0, 0.05) is 0 Å². The van der Waals surface area contributed by atoms with Crippen LogP contribution in [0.1, 0.15) is 13.8 Å². The van der Waals surface area contributed by atoms with Gasteiger partial charge in [0.15, 0.2) is 8.03 Å². The Balaban J connectivity index is 3.91. The maximum Gasteiger partial charge on any atom is 0.196 e. The van der Waals surface area contributed by atoms with Gasteiger partial charge in [0.25, 0.3) is 0 Å². The molecule has 1 unspecified atom stereocenters. The molecule has 0 amide bonds. The summed E-state index contributed by atoms with van der Waals surface area (Å²) in [5.41, 5.74) is 0. The van der Waals surface area contributed by atoms with E-state index in [9.17, 15) is 4.57 Å². The summed E-state index contributed by atoms with van der Waals surface area (Å²) in [5, 5.41) is 7.63. The molecule has 0 rings (SSSR count). The fourth-order valence-corrected chi connectivity index (χ4v) is 0.203. The molecule has 3 nitrogen and oxygen atoms in total. The molecule has 2 N–H and O–H groups in total. The van der Waals surface area contributed by atoms with Crippen LogP contribution in [-0.2, 0) is 4.57 Å². The Bertz CT molecular complexity index is 99.5. The van der Waals surface area contributed by atoms with Gasteiger partial charge in [-0.2, -0.15) is 0 Å². The fourth-order valence-electron chi connectivity index (χ4n) is 0.0676. The number of aliphatic hydroxyl groups is 1. The second kappa shape index (κ2) is 2.62. The number of aliphatic hydroxyl groups excluding tert-OH is 1. The van der Waals surface area contributed by atoms with E-state index in [0.29, 0.717) is 0 Å². The van der Waals surface area contributed by atoms with E-state index in [0.717, 1.165) is 0 Å². The molecule has 1 atom stereocenters. The topological polar surface area (TPSA) is 57.5 Å². The van der Waals surface area contributed by atoms with E-state index in [1.807, 2.05) is 0 Å². The summed E-state index contributed by atoms with van der Waals surface area (Å²) in [6, 6.07) is 0. The maximum absolute atomic E-state index is 10.3. The molecule has 0 aliphatic carbocycles. The molecule has 8 heavy (non-hydrogen) atoms. The van der Waals surface area contributed by atoms with Crippen LogP contribution in [0.4, 0.5) is 0 Å². The minimum absolute atomic E-state index is 0.235. The van der Waals surface area contributed by atoms with Crippen LogP contribution in [-0.4, -0.2) is 21.8 Å². The highest BCUT2D eigenvalue weighted by atomic mass is 31.1. The van der Waals surface area contributed by atoms with Crippen LogP contribution in [0, 0.1) is 0 Å². The van der Waals surface area contributed by atoms with Gasteiger partial charge in [-0.25, -0.2) is 0 Å². The average Bonchev–Trinajstić information content (AvgIpc) is 1.67. The lowest BCUT2D eigenvalue weighted by Crippen LogP contribution is -2.19. The van der Waals surface area contributed by atoms with Crippen molar-refractivity contribution < 1.29 is 14.6 Å². The summed E-state index contributed by atoms with van der Waals surface area (Å²) >= 11 is 0. The predicted octanol–water partition coefficient (Wildman–Crippen LogP) is 0.224. The lowest BCUT2D eigenvalue weighted by molar-refractivity contribution is 0.252. The lowest BCUT2D eigenvalue weighted by atomic mass is 10.2. The standard InChI is InChI=1S/C4H11O3P/c1-4(2,3-5)8(6)7/h5,8H,3H2,1-2H3,(H,6,7). The predicted molar refractivity (Wildman–Crippen MR) is 32.4 cm³/mol. The van der Waals surface area contributed by atoms with Gasteiger partial charge in [0.1, 0.15) is 0 Å². The van der Waals surface area contributed by atoms with E-state index in [1.165, 1.54) is 0 Å². The first-order chi connectivity index (χ1) is 3.50. The van der Waals surface area contributed by atoms with Gasteiger partial charge >= 0.3 is 0 Å². The molecular formula is C4H11O3P. The third kappa shape index (κ3) is 1.95. The van der Waals surface area contributed by atoms with Crippen LogP contribution >= 0.6 is 8.03 Å². The summed E-state index contributed by atoms with van der Waals surface area (Å²) in [7, 11) is -2.56. The summed E-state index contributed by atoms with van der Waals surface area (Å²) in [5.74, 6) is 0. The van der Waals surface area contributed by atoms with E-state index in [1.54, 1.807) is 13.8 Å². The number of rotatable bonds is 2. The molecular weight excluding hydrogens is 127 g/mol. The Kier molecular flexibility index (Phi) is 2.67. The quantitative estimate of drug-likeness (QED) is 0.537. The molecule has 0 saturated carbocycles. The highest BCUT2D eigenvalue weighted by Crippen LogP contribution is 2.33. The highest BCUT2D eigenvalue weighted by Gasteiger charge is 2.22. The second-order valence-electron chi connectivity index (χ2n) is 2.35. The SMILES string of the molecule is CC(C)(CO)[PH](=O)O. The minimum atomic E-state index is -2.56. The van der Waals surface area contributed by atoms with Gasteiger partial charge in [0.2, 0.25) is 0 Å². The van der Waals surface area contributed by atoms with Crippen LogP contribution < -0.4 is 0 Å². The van der Waals surface area contributed by atoms with Crippen LogP contribution in [0.25, 0.3) is 0 Å². The molecule has 0 saturated heterocycles. The second-order valence-corrected chi connectivity index (χ2v) is 4.31. The molecule has 0 heterocycles. The molecule has 0 fully saturated rings. The third-order valence-corrected chi connectivity index (χ3v) is 2.29. The molecule has 0 aromatic carbocycles. The third-order valence-electron chi connectivity index (χ3n) is 0.974. The summed E-state index contributed by atoms with van der Waals surface area (Å²) in [6.45, 7) is 2.86. The first-order valence-corrected chi connectivity index (χ1v) is 3.70. The Morgan fingerprint density at radius 1 is 1.62 bits per heavy atom. The molecule has 0 aliphatic rings. The lowest BCUT2D eigenvalue weighted by Gasteiger charge is -2.15. The van der Waals surface area contributed by atoms with Crippen molar-refractivity contribution >= 4 is 8.03 Å². The summed E-state index contributed by atoms with van der Waals surface area (Å²) in [4.78, 5) is 8.47. The van der Waals surface area contributed by atoms with Crippen LogP contribution in [0.2, 0.25) is 0 Å². The van der Waals surface area contributed by atoms with Crippen molar-refractivity contribution in [1.82, 2.24) is 0 Å². The van der Waals surface area contributed by atoms with Gasteiger partial charge in [-0.3, -0.25) is 4.57 Å². The van der Waals surface area contributed by atoms with E-state index in [4.69, 9.17) is 10.00 Å². The molecule has 0 radical (unpaired) electrons. The highest BCUT2D eigenvalue weighted by molar-refractivity contribution is 7.40. The van der Waals surface area contributed by atoms with Crippen LogP contribution in [0.3, 0.4) is 0 Å². The van der Waals surface area contributed by atoms with Crippen molar-refractivity contribution in [3.63, 3.8) is 0 Å². The summed E-state index contributed by atoms with van der Waals surface area (Å²) < 4.78 is 10.3. The Labute approximate surface area is 49.2 Å². The Hall–Kier alpha value is 0.150. The zero-order chi connectivity index (χ0) is 6.78. The van der Waals surface area contributed by atoms with E-state index < -0.39 is 13.2 Å². The first-order valence-electron chi connectivity index (χ1n) is 2.35. The van der Waals surface area contributed by atoms with Gasteiger partial charge in [0.05, 0.1) is 11.8 Å².